The Bertz CT molecular complexity index is 922. The van der Waals surface area contributed by atoms with Crippen LogP contribution in [-0.2, 0) is 10.0 Å². The first-order valence-electron chi connectivity index (χ1n) is 8.38. The minimum absolute atomic E-state index is 0.128. The molecule has 0 N–H and O–H groups in total. The van der Waals surface area contributed by atoms with Gasteiger partial charge in [-0.3, -0.25) is 4.79 Å². The highest BCUT2D eigenvalue weighted by Gasteiger charge is 2.33. The van der Waals surface area contributed by atoms with Crippen molar-refractivity contribution in [3.05, 3.63) is 39.4 Å². The van der Waals surface area contributed by atoms with Gasteiger partial charge in [-0.25, -0.2) is 8.42 Å². The summed E-state index contributed by atoms with van der Waals surface area (Å²) in [5, 5.41) is 3.87. The standard InChI is InChI=1S/C17H22N4O3S2/c1-11-9-12(2)16(13(3)10-11)26(23,24)21-7-5-20(6-8-21)17(22)15-14(4)18-19-25-15/h9-10H,5-8H2,1-4H3. The van der Waals surface area contributed by atoms with Crippen molar-refractivity contribution in [3.8, 4) is 0 Å². The Morgan fingerprint density at radius 3 is 2.12 bits per heavy atom. The molecule has 26 heavy (non-hydrogen) atoms. The first-order valence-corrected chi connectivity index (χ1v) is 10.6. The number of carbonyl (C=O) groups excluding carboxylic acids is 1. The van der Waals surface area contributed by atoms with Crippen LogP contribution in [0.3, 0.4) is 0 Å². The number of carbonyl (C=O) groups is 1. The molecule has 0 radical (unpaired) electrons. The van der Waals surface area contributed by atoms with Crippen LogP contribution < -0.4 is 0 Å². The van der Waals surface area contributed by atoms with E-state index in [1.165, 1.54) is 4.31 Å². The average Bonchev–Trinajstić information content (AvgIpc) is 2.99. The summed E-state index contributed by atoms with van der Waals surface area (Å²) in [6.45, 7) is 8.65. The Morgan fingerprint density at radius 1 is 1.04 bits per heavy atom. The second-order valence-electron chi connectivity index (χ2n) is 6.61. The van der Waals surface area contributed by atoms with E-state index in [9.17, 15) is 13.2 Å². The van der Waals surface area contributed by atoms with Gasteiger partial charge >= 0.3 is 0 Å². The van der Waals surface area contributed by atoms with Crippen molar-refractivity contribution in [2.75, 3.05) is 26.2 Å². The second kappa shape index (κ2) is 7.05. The molecule has 0 aliphatic carbocycles. The molecule has 1 fully saturated rings. The van der Waals surface area contributed by atoms with E-state index in [0.29, 0.717) is 28.6 Å². The molecule has 1 aliphatic rings. The molecule has 1 aromatic carbocycles. The Kier molecular flexibility index (Phi) is 5.14. The van der Waals surface area contributed by atoms with Crippen LogP contribution in [-0.4, -0.2) is 59.3 Å². The average molecular weight is 395 g/mol. The van der Waals surface area contributed by atoms with E-state index >= 15 is 0 Å². The topological polar surface area (TPSA) is 83.5 Å². The van der Waals surface area contributed by atoms with E-state index in [1.807, 2.05) is 32.9 Å². The van der Waals surface area contributed by atoms with E-state index in [2.05, 4.69) is 9.59 Å². The van der Waals surface area contributed by atoms with Crippen molar-refractivity contribution in [2.24, 2.45) is 0 Å². The van der Waals surface area contributed by atoms with Gasteiger partial charge in [0.25, 0.3) is 5.91 Å². The number of aromatic nitrogens is 2. The summed E-state index contributed by atoms with van der Waals surface area (Å²) in [6, 6.07) is 3.78. The van der Waals surface area contributed by atoms with Crippen molar-refractivity contribution in [3.63, 3.8) is 0 Å². The molecule has 1 aliphatic heterocycles. The fraction of sp³-hybridized carbons (Fsp3) is 0.471. The summed E-state index contributed by atoms with van der Waals surface area (Å²) in [7, 11) is -3.58. The summed E-state index contributed by atoms with van der Waals surface area (Å²) in [5.41, 5.74) is 3.17. The van der Waals surface area contributed by atoms with Crippen LogP contribution in [0.25, 0.3) is 0 Å². The Morgan fingerprint density at radius 2 is 1.62 bits per heavy atom. The molecule has 1 aromatic heterocycles. The maximum absolute atomic E-state index is 13.1. The highest BCUT2D eigenvalue weighted by molar-refractivity contribution is 7.89. The number of benzene rings is 1. The van der Waals surface area contributed by atoms with Crippen LogP contribution in [0.4, 0.5) is 0 Å². The van der Waals surface area contributed by atoms with Crippen molar-refractivity contribution in [1.82, 2.24) is 18.8 Å². The lowest BCUT2D eigenvalue weighted by Gasteiger charge is -2.34. The zero-order valence-electron chi connectivity index (χ0n) is 15.3. The van der Waals surface area contributed by atoms with Crippen molar-refractivity contribution >= 4 is 27.5 Å². The van der Waals surface area contributed by atoms with E-state index in [1.54, 1.807) is 11.8 Å². The molecule has 0 saturated carbocycles. The maximum atomic E-state index is 13.1. The van der Waals surface area contributed by atoms with Gasteiger partial charge in [0.1, 0.15) is 4.88 Å². The summed E-state index contributed by atoms with van der Waals surface area (Å²) in [5.74, 6) is -0.128. The Hall–Kier alpha value is -1.84. The highest BCUT2D eigenvalue weighted by atomic mass is 32.2. The van der Waals surface area contributed by atoms with E-state index in [4.69, 9.17) is 0 Å². The minimum Gasteiger partial charge on any atom is -0.335 e. The molecule has 140 valence electrons. The molecular formula is C17H22N4O3S2. The van der Waals surface area contributed by atoms with Crippen molar-refractivity contribution in [2.45, 2.75) is 32.6 Å². The zero-order chi connectivity index (χ0) is 19.1. The summed E-state index contributed by atoms with van der Waals surface area (Å²) >= 11 is 1.08. The van der Waals surface area contributed by atoms with Crippen LogP contribution in [0.2, 0.25) is 0 Å². The number of sulfonamides is 1. The molecule has 3 rings (SSSR count). The summed E-state index contributed by atoms with van der Waals surface area (Å²) in [4.78, 5) is 15.1. The molecule has 2 heterocycles. The Balaban J connectivity index is 1.77. The lowest BCUT2D eigenvalue weighted by atomic mass is 10.1. The monoisotopic (exact) mass is 394 g/mol. The van der Waals surface area contributed by atoms with Crippen LogP contribution in [0.15, 0.2) is 17.0 Å². The predicted octanol–water partition coefficient (Wildman–Crippen LogP) is 1.92. The molecule has 0 atom stereocenters. The number of rotatable bonds is 3. The van der Waals surface area contributed by atoms with Crippen LogP contribution >= 0.6 is 11.5 Å². The van der Waals surface area contributed by atoms with E-state index < -0.39 is 10.0 Å². The summed E-state index contributed by atoms with van der Waals surface area (Å²) < 4.78 is 31.5. The molecule has 1 saturated heterocycles. The first kappa shape index (κ1) is 18.9. The molecule has 2 aromatic rings. The molecule has 9 heteroatoms. The zero-order valence-corrected chi connectivity index (χ0v) is 16.9. The van der Waals surface area contributed by atoms with Gasteiger partial charge in [0.05, 0.1) is 10.6 Å². The molecule has 7 nitrogen and oxygen atoms in total. The van der Waals surface area contributed by atoms with Gasteiger partial charge in [0.15, 0.2) is 0 Å². The quantitative estimate of drug-likeness (QED) is 0.794. The molecule has 1 amide bonds. The lowest BCUT2D eigenvalue weighted by molar-refractivity contribution is 0.0701. The largest absolute Gasteiger partial charge is 0.335 e. The normalized spacial score (nSPS) is 16.1. The maximum Gasteiger partial charge on any atom is 0.267 e. The predicted molar refractivity (Wildman–Crippen MR) is 100.0 cm³/mol. The van der Waals surface area contributed by atoms with Crippen molar-refractivity contribution < 1.29 is 13.2 Å². The molecular weight excluding hydrogens is 372 g/mol. The number of nitrogens with zero attached hydrogens (tertiary/aromatic N) is 4. The van der Waals surface area contributed by atoms with Crippen LogP contribution in [0, 0.1) is 27.7 Å². The number of piperazine rings is 1. The van der Waals surface area contributed by atoms with Gasteiger partial charge in [-0.15, -0.1) is 5.10 Å². The van der Waals surface area contributed by atoms with Crippen molar-refractivity contribution in [1.29, 1.82) is 0 Å². The third-order valence-electron chi connectivity index (χ3n) is 4.57. The lowest BCUT2D eigenvalue weighted by Crippen LogP contribution is -2.50. The third-order valence-corrected chi connectivity index (χ3v) is 7.59. The van der Waals surface area contributed by atoms with Gasteiger partial charge < -0.3 is 4.90 Å². The number of hydrogen-bond acceptors (Lipinski definition) is 6. The SMILES string of the molecule is Cc1cc(C)c(S(=O)(=O)N2CCN(C(=O)c3snnc3C)CC2)c(C)c1. The fourth-order valence-electron chi connectivity index (χ4n) is 3.41. The third kappa shape index (κ3) is 3.38. The highest BCUT2D eigenvalue weighted by Crippen LogP contribution is 2.26. The summed E-state index contributed by atoms with van der Waals surface area (Å²) in [6.07, 6.45) is 0. The fourth-order valence-corrected chi connectivity index (χ4v) is 5.86. The van der Waals surface area contributed by atoms with Gasteiger partial charge in [-0.1, -0.05) is 22.2 Å². The number of aryl methyl sites for hydroxylation is 4. The molecule has 0 spiro atoms. The molecule has 0 unspecified atom stereocenters. The number of hydrogen-bond donors (Lipinski definition) is 0. The Labute approximate surface area is 157 Å². The van der Waals surface area contributed by atoms with Crippen LogP contribution in [0.5, 0.6) is 0 Å². The van der Waals surface area contributed by atoms with Gasteiger partial charge in [-0.2, -0.15) is 4.31 Å². The van der Waals surface area contributed by atoms with Gasteiger partial charge in [0.2, 0.25) is 10.0 Å². The van der Waals surface area contributed by atoms with Gasteiger partial charge in [-0.05, 0) is 50.4 Å². The van der Waals surface area contributed by atoms with E-state index in [-0.39, 0.29) is 19.0 Å². The van der Waals surface area contributed by atoms with Crippen LogP contribution in [0.1, 0.15) is 32.1 Å². The molecule has 0 bridgehead atoms. The number of amides is 1. The van der Waals surface area contributed by atoms with E-state index in [0.717, 1.165) is 28.2 Å². The van der Waals surface area contributed by atoms with Gasteiger partial charge in [0, 0.05) is 26.2 Å². The smallest absolute Gasteiger partial charge is 0.267 e. The first-order chi connectivity index (χ1) is 12.2. The minimum atomic E-state index is -3.58. The second-order valence-corrected chi connectivity index (χ2v) is 9.24.